The summed E-state index contributed by atoms with van der Waals surface area (Å²) in [4.78, 5) is 8.40. The smallest absolute Gasteiger partial charge is 0.430 e. The van der Waals surface area contributed by atoms with Gasteiger partial charge in [-0.15, -0.1) is 10.2 Å². The number of nitrogens with zero attached hydrogens (tertiary/aromatic N) is 4. The highest BCUT2D eigenvalue weighted by molar-refractivity contribution is 7.98. The number of carboxylic acid groups (broad SMARTS) is 1. The lowest BCUT2D eigenvalue weighted by atomic mass is 9.83. The predicted molar refractivity (Wildman–Crippen MR) is 183 cm³/mol. The Bertz CT molecular complexity index is 1960. The van der Waals surface area contributed by atoms with Gasteiger partial charge in [-0.2, -0.15) is 13.2 Å². The molecular formula is C34H37ClF6N4O5S2. The number of sulfone groups is 1. The summed E-state index contributed by atoms with van der Waals surface area (Å²) in [5.74, 6) is -4.80. The number of benzene rings is 3. The van der Waals surface area contributed by atoms with Crippen molar-refractivity contribution in [3.63, 3.8) is 0 Å². The van der Waals surface area contributed by atoms with Crippen LogP contribution in [0.1, 0.15) is 43.6 Å². The molecule has 4 aromatic rings. The van der Waals surface area contributed by atoms with Gasteiger partial charge < -0.3 is 19.1 Å². The van der Waals surface area contributed by atoms with Crippen LogP contribution in [0.2, 0.25) is 5.02 Å². The molecule has 0 bridgehead atoms. The molecule has 4 rings (SSSR count). The zero-order valence-electron chi connectivity index (χ0n) is 29.0. The summed E-state index contributed by atoms with van der Waals surface area (Å²) in [5, 5.41) is 18.3. The Morgan fingerprint density at radius 3 is 2.06 bits per heavy atom. The van der Waals surface area contributed by atoms with Crippen molar-refractivity contribution in [2.45, 2.75) is 54.1 Å². The van der Waals surface area contributed by atoms with E-state index in [2.05, 4.69) is 10.2 Å². The van der Waals surface area contributed by atoms with Crippen LogP contribution in [0.4, 0.5) is 26.3 Å². The lowest BCUT2D eigenvalue weighted by molar-refractivity contribution is -0.870. The monoisotopic (exact) mass is 794 g/mol. The number of thioether (sulfide) groups is 1. The summed E-state index contributed by atoms with van der Waals surface area (Å²) in [5.41, 5.74) is 0.292. The third-order valence-corrected chi connectivity index (χ3v) is 10.7. The van der Waals surface area contributed by atoms with E-state index in [-0.39, 0.29) is 22.0 Å². The fourth-order valence-corrected chi connectivity index (χ4v) is 7.35. The molecule has 1 heterocycles. The van der Waals surface area contributed by atoms with Gasteiger partial charge in [0.2, 0.25) is 0 Å². The van der Waals surface area contributed by atoms with E-state index >= 15 is 8.78 Å². The zero-order valence-corrected chi connectivity index (χ0v) is 31.4. The van der Waals surface area contributed by atoms with Gasteiger partial charge in [0.25, 0.3) is 0 Å². The van der Waals surface area contributed by atoms with E-state index in [1.165, 1.54) is 19.2 Å². The number of methoxy groups -OCH3 is 1. The van der Waals surface area contributed by atoms with Crippen molar-refractivity contribution in [3.8, 4) is 11.4 Å². The standard InChI is InChI=1S/C32H37ClF3N4O3S2.C2HF3O2/c1-32(2,21-9-14-26(33)29(17-21)43-6)30-37-38-31(39(30)23-12-10-22(34)11-13-23)44-20-25-27(35)18-24(19-28(25)36)45(41,42)16-8-7-15-40(3,4)5;3-2(4,5)1(6)7/h9-14,17-19H,7-8,15-16,20H2,1-6H3;(H,6,7)/q+1;/p-1. The first-order chi connectivity index (χ1) is 24.0. The van der Waals surface area contributed by atoms with Gasteiger partial charge in [-0.3, -0.25) is 4.57 Å². The van der Waals surface area contributed by atoms with Gasteiger partial charge in [0.15, 0.2) is 15.0 Å². The average molecular weight is 795 g/mol. The van der Waals surface area contributed by atoms with Crippen LogP contribution < -0.4 is 9.84 Å². The first-order valence-electron chi connectivity index (χ1n) is 15.5. The number of carbonyl (C=O) groups is 1. The van der Waals surface area contributed by atoms with Gasteiger partial charge in [-0.05, 0) is 80.8 Å². The van der Waals surface area contributed by atoms with Crippen molar-refractivity contribution in [3.05, 3.63) is 94.0 Å². The fraction of sp³-hybridized carbons (Fsp3) is 0.382. The number of halogens is 7. The number of carboxylic acids is 1. The number of unbranched alkanes of at least 4 members (excludes halogenated alkanes) is 1. The Morgan fingerprint density at radius 2 is 1.54 bits per heavy atom. The molecule has 0 fully saturated rings. The highest BCUT2D eigenvalue weighted by atomic mass is 35.5. The van der Waals surface area contributed by atoms with Gasteiger partial charge in [0.05, 0.1) is 55.9 Å². The maximum Gasteiger partial charge on any atom is 0.430 e. The van der Waals surface area contributed by atoms with Gasteiger partial charge >= 0.3 is 6.18 Å². The minimum atomic E-state index is -5.19. The Balaban J connectivity index is 0.000000944. The van der Waals surface area contributed by atoms with Crippen molar-refractivity contribution in [2.75, 3.05) is 40.6 Å². The molecule has 0 radical (unpaired) electrons. The maximum atomic E-state index is 15.2. The number of alkyl halides is 3. The van der Waals surface area contributed by atoms with Gasteiger partial charge in [0.1, 0.15) is 35.0 Å². The summed E-state index contributed by atoms with van der Waals surface area (Å²) in [6.07, 6.45) is -4.14. The Labute approximate surface area is 307 Å². The molecule has 0 saturated heterocycles. The average Bonchev–Trinajstić information content (AvgIpc) is 3.47. The summed E-state index contributed by atoms with van der Waals surface area (Å²) in [6, 6.07) is 12.8. The third kappa shape index (κ3) is 11.1. The van der Waals surface area contributed by atoms with Crippen LogP contribution >= 0.6 is 23.4 Å². The number of hydrogen-bond acceptors (Lipinski definition) is 8. The lowest BCUT2D eigenvalue weighted by Crippen LogP contribution is -2.37. The second kappa shape index (κ2) is 16.9. The second-order valence-electron chi connectivity index (χ2n) is 13.1. The highest BCUT2D eigenvalue weighted by Crippen LogP contribution is 2.38. The largest absolute Gasteiger partial charge is 0.542 e. The van der Waals surface area contributed by atoms with E-state index < -0.39 is 44.8 Å². The summed E-state index contributed by atoms with van der Waals surface area (Å²) >= 11 is 7.27. The molecule has 1 aromatic heterocycles. The van der Waals surface area contributed by atoms with Gasteiger partial charge in [-0.1, -0.05) is 29.4 Å². The molecule has 0 aliphatic heterocycles. The van der Waals surface area contributed by atoms with E-state index in [1.807, 2.05) is 41.1 Å². The van der Waals surface area contributed by atoms with E-state index in [0.717, 1.165) is 36.0 Å². The van der Waals surface area contributed by atoms with Crippen LogP contribution in [-0.4, -0.2) is 80.4 Å². The zero-order chi connectivity index (χ0) is 39.2. The summed E-state index contributed by atoms with van der Waals surface area (Å²) < 4.78 is 109. The van der Waals surface area contributed by atoms with E-state index in [1.54, 1.807) is 28.8 Å². The summed E-state index contributed by atoms with van der Waals surface area (Å²) in [6.45, 7) is 4.63. The minimum Gasteiger partial charge on any atom is -0.542 e. The van der Waals surface area contributed by atoms with Crippen LogP contribution in [0.15, 0.2) is 64.6 Å². The number of rotatable bonds is 13. The number of carbonyl (C=O) groups excluding carboxylic acids is 1. The van der Waals surface area contributed by atoms with Crippen LogP contribution in [0, 0.1) is 17.5 Å². The Morgan fingerprint density at radius 1 is 0.962 bits per heavy atom. The molecule has 0 spiro atoms. The molecule has 0 atom stereocenters. The number of quaternary nitrogens is 1. The Hall–Kier alpha value is -3.80. The molecule has 3 aromatic carbocycles. The molecule has 0 amide bonds. The molecule has 0 N–H and O–H groups in total. The van der Waals surface area contributed by atoms with Crippen LogP contribution in [0.3, 0.4) is 0 Å². The predicted octanol–water partition coefficient (Wildman–Crippen LogP) is 6.52. The highest BCUT2D eigenvalue weighted by Gasteiger charge is 2.33. The maximum absolute atomic E-state index is 15.2. The molecule has 18 heteroatoms. The number of ether oxygens (including phenoxy) is 1. The SMILES string of the molecule is COc1cc(C(C)(C)c2nnc(SCc3c(F)cc(S(=O)(=O)CCCC[N+](C)(C)C)cc3F)n2-c2ccc(F)cc2)ccc1Cl.O=C([O-])C(F)(F)F. The normalized spacial score (nSPS) is 12.3. The van der Waals surface area contributed by atoms with Crippen molar-refractivity contribution in [1.29, 1.82) is 0 Å². The number of aliphatic carboxylic acids is 1. The van der Waals surface area contributed by atoms with E-state index in [0.29, 0.717) is 44.8 Å². The number of aromatic nitrogens is 3. The van der Waals surface area contributed by atoms with Crippen LogP contribution in [0.5, 0.6) is 5.75 Å². The van der Waals surface area contributed by atoms with Crippen LogP contribution in [-0.2, 0) is 25.8 Å². The molecule has 0 aliphatic carbocycles. The topological polar surface area (TPSA) is 114 Å². The molecular weight excluding hydrogens is 758 g/mol. The Kier molecular flexibility index (Phi) is 13.9. The summed E-state index contributed by atoms with van der Waals surface area (Å²) in [7, 11) is 3.68. The third-order valence-electron chi connectivity index (χ3n) is 7.69. The van der Waals surface area contributed by atoms with E-state index in [9.17, 15) is 26.0 Å². The van der Waals surface area contributed by atoms with Gasteiger partial charge in [0, 0.05) is 17.0 Å². The molecule has 52 heavy (non-hydrogen) atoms. The quantitative estimate of drug-likeness (QED) is 0.0651. The van der Waals surface area contributed by atoms with Crippen molar-refractivity contribution in [1.82, 2.24) is 14.8 Å². The second-order valence-corrected chi connectivity index (χ2v) is 16.5. The van der Waals surface area contributed by atoms with Crippen molar-refractivity contribution >= 4 is 39.2 Å². The molecule has 0 unspecified atom stereocenters. The minimum absolute atomic E-state index is 0.196. The molecule has 0 aliphatic rings. The van der Waals surface area contributed by atoms with Crippen molar-refractivity contribution < 1.29 is 53.9 Å². The van der Waals surface area contributed by atoms with Crippen LogP contribution in [0.25, 0.3) is 5.69 Å². The molecule has 9 nitrogen and oxygen atoms in total. The molecule has 284 valence electrons. The fourth-order valence-electron chi connectivity index (χ4n) is 4.80. The number of hydrogen-bond donors (Lipinski definition) is 0. The first kappa shape index (κ1) is 42.6. The molecule has 0 saturated carbocycles. The van der Waals surface area contributed by atoms with E-state index in [4.69, 9.17) is 26.2 Å². The van der Waals surface area contributed by atoms with Crippen molar-refractivity contribution in [2.24, 2.45) is 0 Å². The first-order valence-corrected chi connectivity index (χ1v) is 18.5. The van der Waals surface area contributed by atoms with Gasteiger partial charge in [-0.25, -0.2) is 21.6 Å². The lowest BCUT2D eigenvalue weighted by Gasteiger charge is -2.26.